The van der Waals surface area contributed by atoms with Crippen molar-refractivity contribution in [3.8, 4) is 0 Å². The summed E-state index contributed by atoms with van der Waals surface area (Å²) in [6.45, 7) is 1.54. The van der Waals surface area contributed by atoms with E-state index >= 15 is 0 Å². The van der Waals surface area contributed by atoms with Gasteiger partial charge in [-0.05, 0) is 13.3 Å². The third-order valence-corrected chi connectivity index (χ3v) is 3.29. The Kier molecular flexibility index (Phi) is 2.02. The Morgan fingerprint density at radius 2 is 2.38 bits per heavy atom. The number of ether oxygens (including phenoxy) is 1. The van der Waals surface area contributed by atoms with Gasteiger partial charge >= 0.3 is 5.97 Å². The zero-order valence-electron chi connectivity index (χ0n) is 7.12. The number of fused-ring (bicyclic) bond motifs is 2. The Labute approximate surface area is 84.3 Å². The van der Waals surface area contributed by atoms with Crippen molar-refractivity contribution in [2.45, 2.75) is 19.4 Å². The minimum atomic E-state index is -0.366. The van der Waals surface area contributed by atoms with E-state index in [0.717, 1.165) is 4.48 Å². The zero-order chi connectivity index (χ0) is 9.59. The van der Waals surface area contributed by atoms with Crippen molar-refractivity contribution < 1.29 is 14.3 Å². The molecule has 2 bridgehead atoms. The molecule has 3 nitrogen and oxygen atoms in total. The normalized spacial score (nSPS) is 36.9. The van der Waals surface area contributed by atoms with Gasteiger partial charge in [0.1, 0.15) is 11.9 Å². The van der Waals surface area contributed by atoms with Crippen molar-refractivity contribution in [1.82, 2.24) is 0 Å². The lowest BCUT2D eigenvalue weighted by Gasteiger charge is -2.37. The lowest BCUT2D eigenvalue weighted by molar-refractivity contribution is -0.163. The summed E-state index contributed by atoms with van der Waals surface area (Å²) in [7, 11) is 0. The SMILES string of the molecule is CC(=O)[C@@H]1C[C@@H]2C=C(Br)[C@H]1OC2=O. The number of carbonyl (C=O) groups is 2. The standard InChI is InChI=1S/C9H9BrO3/c1-4(11)6-2-5-3-7(10)8(6)13-9(5)12/h3,5-6,8H,2H2,1H3/t5-,6+,8+/m1/s1. The molecule has 1 saturated heterocycles. The maximum absolute atomic E-state index is 11.2. The second-order valence-electron chi connectivity index (χ2n) is 3.47. The van der Waals surface area contributed by atoms with Crippen LogP contribution in [0.3, 0.4) is 0 Å². The van der Waals surface area contributed by atoms with E-state index in [0.29, 0.717) is 6.42 Å². The van der Waals surface area contributed by atoms with E-state index in [1.165, 1.54) is 0 Å². The minimum Gasteiger partial charge on any atom is -0.456 e. The van der Waals surface area contributed by atoms with Crippen LogP contribution < -0.4 is 0 Å². The Morgan fingerprint density at radius 3 is 2.92 bits per heavy atom. The van der Waals surface area contributed by atoms with Crippen LogP contribution >= 0.6 is 15.9 Å². The summed E-state index contributed by atoms with van der Waals surface area (Å²) >= 11 is 3.31. The maximum atomic E-state index is 11.2. The molecular weight excluding hydrogens is 236 g/mol. The molecule has 2 heterocycles. The zero-order valence-corrected chi connectivity index (χ0v) is 8.71. The van der Waals surface area contributed by atoms with Crippen molar-refractivity contribution in [1.29, 1.82) is 0 Å². The summed E-state index contributed by atoms with van der Waals surface area (Å²) in [5, 5.41) is 0. The quantitative estimate of drug-likeness (QED) is 0.656. The van der Waals surface area contributed by atoms with Crippen LogP contribution in [0.1, 0.15) is 13.3 Å². The molecule has 0 amide bonds. The van der Waals surface area contributed by atoms with Gasteiger partial charge in [-0.15, -0.1) is 0 Å². The molecular formula is C9H9BrO3. The molecule has 1 aliphatic carbocycles. The van der Waals surface area contributed by atoms with E-state index in [1.807, 2.05) is 6.08 Å². The van der Waals surface area contributed by atoms with Crippen molar-refractivity contribution >= 4 is 27.7 Å². The lowest BCUT2D eigenvalue weighted by atomic mass is 9.80. The number of hydrogen-bond acceptors (Lipinski definition) is 3. The molecule has 3 atom stereocenters. The summed E-state index contributed by atoms with van der Waals surface area (Å²) < 4.78 is 5.93. The Balaban J connectivity index is 2.32. The van der Waals surface area contributed by atoms with Gasteiger partial charge in [-0.1, -0.05) is 22.0 Å². The molecule has 0 saturated carbocycles. The number of Topliss-reactive ketones (excluding diaryl/α,β-unsaturated/α-hetero) is 1. The van der Waals surface area contributed by atoms with Gasteiger partial charge in [-0.3, -0.25) is 9.59 Å². The second kappa shape index (κ2) is 2.94. The van der Waals surface area contributed by atoms with Crippen LogP contribution in [-0.2, 0) is 14.3 Å². The molecule has 1 fully saturated rings. The molecule has 0 spiro atoms. The highest BCUT2D eigenvalue weighted by Gasteiger charge is 2.44. The molecule has 2 aliphatic heterocycles. The fourth-order valence-electron chi connectivity index (χ4n) is 1.84. The van der Waals surface area contributed by atoms with E-state index < -0.39 is 0 Å². The molecule has 4 heteroatoms. The number of halogens is 1. The van der Waals surface area contributed by atoms with Gasteiger partial charge in [-0.25, -0.2) is 0 Å². The first-order chi connectivity index (χ1) is 6.09. The summed E-state index contributed by atoms with van der Waals surface area (Å²) in [6.07, 6.45) is 2.08. The van der Waals surface area contributed by atoms with Gasteiger partial charge < -0.3 is 4.74 Å². The van der Waals surface area contributed by atoms with E-state index in [-0.39, 0.29) is 29.7 Å². The van der Waals surface area contributed by atoms with Crippen LogP contribution in [0.4, 0.5) is 0 Å². The van der Waals surface area contributed by atoms with Crippen LogP contribution in [0.15, 0.2) is 10.6 Å². The Hall–Kier alpha value is -0.640. The average Bonchev–Trinajstić information content (AvgIpc) is 2.06. The van der Waals surface area contributed by atoms with E-state index in [4.69, 9.17) is 4.74 Å². The molecule has 0 aromatic carbocycles. The number of rotatable bonds is 1. The highest BCUT2D eigenvalue weighted by atomic mass is 79.9. The fourth-order valence-corrected chi connectivity index (χ4v) is 2.57. The van der Waals surface area contributed by atoms with Crippen molar-refractivity contribution in [3.63, 3.8) is 0 Å². The van der Waals surface area contributed by atoms with Gasteiger partial charge in [0.05, 0.1) is 11.8 Å². The number of esters is 1. The second-order valence-corrected chi connectivity index (χ2v) is 4.38. The third-order valence-electron chi connectivity index (χ3n) is 2.57. The maximum Gasteiger partial charge on any atom is 0.313 e. The summed E-state index contributed by atoms with van der Waals surface area (Å²) in [4.78, 5) is 22.4. The first kappa shape index (κ1) is 8.94. The minimum absolute atomic E-state index is 0.0903. The first-order valence-corrected chi connectivity index (χ1v) is 4.97. The summed E-state index contributed by atoms with van der Waals surface area (Å²) in [5.41, 5.74) is 0. The molecule has 0 aromatic heterocycles. The van der Waals surface area contributed by atoms with Gasteiger partial charge in [0, 0.05) is 4.48 Å². The van der Waals surface area contributed by atoms with Gasteiger partial charge in [0.25, 0.3) is 0 Å². The van der Waals surface area contributed by atoms with Crippen LogP contribution in [0.2, 0.25) is 0 Å². The van der Waals surface area contributed by atoms with E-state index in [9.17, 15) is 9.59 Å². The summed E-state index contributed by atoms with van der Waals surface area (Å²) in [5.74, 6) is -0.492. The fraction of sp³-hybridized carbons (Fsp3) is 0.556. The molecule has 0 radical (unpaired) electrons. The third kappa shape index (κ3) is 1.33. The topological polar surface area (TPSA) is 43.4 Å². The molecule has 3 aliphatic rings. The smallest absolute Gasteiger partial charge is 0.313 e. The first-order valence-electron chi connectivity index (χ1n) is 4.17. The van der Waals surface area contributed by atoms with Crippen LogP contribution in [0, 0.1) is 11.8 Å². The largest absolute Gasteiger partial charge is 0.456 e. The number of hydrogen-bond donors (Lipinski definition) is 0. The van der Waals surface area contributed by atoms with Gasteiger partial charge in [-0.2, -0.15) is 0 Å². The molecule has 0 unspecified atom stereocenters. The van der Waals surface area contributed by atoms with E-state index in [2.05, 4.69) is 15.9 Å². The van der Waals surface area contributed by atoms with Crippen LogP contribution in [0.25, 0.3) is 0 Å². The highest BCUT2D eigenvalue weighted by molar-refractivity contribution is 9.11. The number of ketones is 1. The molecule has 3 rings (SSSR count). The molecule has 70 valence electrons. The monoisotopic (exact) mass is 244 g/mol. The van der Waals surface area contributed by atoms with Gasteiger partial charge in [0.2, 0.25) is 0 Å². The Morgan fingerprint density at radius 1 is 1.69 bits per heavy atom. The van der Waals surface area contributed by atoms with Crippen molar-refractivity contribution in [2.24, 2.45) is 11.8 Å². The highest BCUT2D eigenvalue weighted by Crippen LogP contribution is 2.40. The van der Waals surface area contributed by atoms with Crippen LogP contribution in [-0.4, -0.2) is 17.9 Å². The van der Waals surface area contributed by atoms with Crippen LogP contribution in [0.5, 0.6) is 0 Å². The molecule has 0 N–H and O–H groups in total. The average molecular weight is 245 g/mol. The van der Waals surface area contributed by atoms with Crippen molar-refractivity contribution in [3.05, 3.63) is 10.6 Å². The predicted octanol–water partition coefficient (Wildman–Crippen LogP) is 1.42. The molecule has 13 heavy (non-hydrogen) atoms. The van der Waals surface area contributed by atoms with E-state index in [1.54, 1.807) is 6.92 Å². The summed E-state index contributed by atoms with van der Waals surface area (Å²) in [6, 6.07) is 0. The Bertz CT molecular complexity index is 308. The lowest BCUT2D eigenvalue weighted by Crippen LogP contribution is -2.44. The van der Waals surface area contributed by atoms with Crippen molar-refractivity contribution in [2.75, 3.05) is 0 Å². The molecule has 0 aromatic rings. The van der Waals surface area contributed by atoms with Gasteiger partial charge in [0.15, 0.2) is 0 Å². The predicted molar refractivity (Wildman–Crippen MR) is 49.2 cm³/mol. The number of carbonyl (C=O) groups excluding carboxylic acids is 2.